The van der Waals surface area contributed by atoms with Gasteiger partial charge in [0.1, 0.15) is 5.82 Å². The lowest BCUT2D eigenvalue weighted by Crippen LogP contribution is -2.14. The highest BCUT2D eigenvalue weighted by Crippen LogP contribution is 2.35. The summed E-state index contributed by atoms with van der Waals surface area (Å²) in [5, 5.41) is 0. The Hall–Kier alpha value is -1.39. The standard InChI is InChI=1S/C14H14F4O/c1-8-2-3-9(6-8)13(19)10-4-5-11(12(15)7-10)14(16,17)18/h4-5,7-9H,2-3,6H2,1H3. The van der Waals surface area contributed by atoms with Crippen LogP contribution in [0, 0.1) is 17.7 Å². The Labute approximate surface area is 108 Å². The van der Waals surface area contributed by atoms with E-state index in [-0.39, 0.29) is 17.3 Å². The Kier molecular flexibility index (Phi) is 3.65. The summed E-state index contributed by atoms with van der Waals surface area (Å²) in [7, 11) is 0. The first-order valence-electron chi connectivity index (χ1n) is 6.20. The topological polar surface area (TPSA) is 17.1 Å². The Morgan fingerprint density at radius 3 is 2.42 bits per heavy atom. The SMILES string of the molecule is CC1CCC(C(=O)c2ccc(C(F)(F)F)c(F)c2)C1. The number of carbonyl (C=O) groups is 1. The third kappa shape index (κ3) is 2.96. The Morgan fingerprint density at radius 1 is 1.26 bits per heavy atom. The molecule has 1 fully saturated rings. The van der Waals surface area contributed by atoms with Gasteiger partial charge in [0, 0.05) is 11.5 Å². The van der Waals surface area contributed by atoms with Crippen LogP contribution in [0.1, 0.15) is 42.1 Å². The van der Waals surface area contributed by atoms with Crippen molar-refractivity contribution in [2.45, 2.75) is 32.4 Å². The van der Waals surface area contributed by atoms with Crippen molar-refractivity contribution in [3.63, 3.8) is 0 Å². The molecule has 0 aromatic heterocycles. The molecule has 1 saturated carbocycles. The zero-order valence-corrected chi connectivity index (χ0v) is 10.4. The van der Waals surface area contributed by atoms with Crippen molar-refractivity contribution in [2.75, 3.05) is 0 Å². The van der Waals surface area contributed by atoms with E-state index in [9.17, 15) is 22.4 Å². The monoisotopic (exact) mass is 274 g/mol. The van der Waals surface area contributed by atoms with Gasteiger partial charge in [-0.05, 0) is 37.3 Å². The second kappa shape index (κ2) is 4.94. The van der Waals surface area contributed by atoms with Crippen LogP contribution < -0.4 is 0 Å². The van der Waals surface area contributed by atoms with Gasteiger partial charge >= 0.3 is 6.18 Å². The molecule has 0 bridgehead atoms. The number of hydrogen-bond donors (Lipinski definition) is 0. The molecule has 1 aliphatic rings. The molecule has 0 N–H and O–H groups in total. The zero-order chi connectivity index (χ0) is 14.2. The van der Waals surface area contributed by atoms with Crippen LogP contribution in [0.3, 0.4) is 0 Å². The first-order valence-corrected chi connectivity index (χ1v) is 6.20. The first-order chi connectivity index (χ1) is 8.79. The van der Waals surface area contributed by atoms with E-state index in [1.165, 1.54) is 0 Å². The summed E-state index contributed by atoms with van der Waals surface area (Å²) in [6.07, 6.45) is -2.35. The summed E-state index contributed by atoms with van der Waals surface area (Å²) < 4.78 is 50.6. The molecule has 1 aromatic rings. The minimum atomic E-state index is -4.73. The number of alkyl halides is 3. The highest BCUT2D eigenvalue weighted by atomic mass is 19.4. The lowest BCUT2D eigenvalue weighted by molar-refractivity contribution is -0.140. The molecular weight excluding hydrogens is 260 g/mol. The third-order valence-corrected chi connectivity index (χ3v) is 3.62. The Balaban J connectivity index is 2.23. The van der Waals surface area contributed by atoms with Gasteiger partial charge in [0.25, 0.3) is 0 Å². The van der Waals surface area contributed by atoms with E-state index in [2.05, 4.69) is 0 Å². The van der Waals surface area contributed by atoms with Gasteiger partial charge in [0.15, 0.2) is 5.78 Å². The van der Waals surface area contributed by atoms with Gasteiger partial charge in [0.2, 0.25) is 0 Å². The van der Waals surface area contributed by atoms with Gasteiger partial charge < -0.3 is 0 Å². The van der Waals surface area contributed by atoms with Crippen LogP contribution in [0.4, 0.5) is 17.6 Å². The zero-order valence-electron chi connectivity index (χ0n) is 10.4. The van der Waals surface area contributed by atoms with Crippen molar-refractivity contribution in [1.82, 2.24) is 0 Å². The van der Waals surface area contributed by atoms with E-state index in [1.807, 2.05) is 6.92 Å². The molecule has 104 valence electrons. The van der Waals surface area contributed by atoms with Gasteiger partial charge in [-0.3, -0.25) is 4.79 Å². The van der Waals surface area contributed by atoms with Crippen molar-refractivity contribution in [1.29, 1.82) is 0 Å². The first kappa shape index (κ1) is 14.0. The maximum Gasteiger partial charge on any atom is 0.419 e. The predicted octanol–water partition coefficient (Wildman–Crippen LogP) is 4.46. The lowest BCUT2D eigenvalue weighted by atomic mass is 9.94. The molecule has 2 rings (SSSR count). The van der Waals surface area contributed by atoms with Gasteiger partial charge in [-0.25, -0.2) is 4.39 Å². The number of rotatable bonds is 2. The van der Waals surface area contributed by atoms with Crippen molar-refractivity contribution >= 4 is 5.78 Å². The molecule has 2 atom stereocenters. The molecule has 5 heteroatoms. The quantitative estimate of drug-likeness (QED) is 0.574. The van der Waals surface area contributed by atoms with Crippen LogP contribution in [0.2, 0.25) is 0 Å². The van der Waals surface area contributed by atoms with Gasteiger partial charge in [-0.1, -0.05) is 13.0 Å². The van der Waals surface area contributed by atoms with Crippen LogP contribution in [0.5, 0.6) is 0 Å². The third-order valence-electron chi connectivity index (χ3n) is 3.62. The van der Waals surface area contributed by atoms with E-state index < -0.39 is 17.6 Å². The average molecular weight is 274 g/mol. The Morgan fingerprint density at radius 2 is 1.95 bits per heavy atom. The fraction of sp³-hybridized carbons (Fsp3) is 0.500. The number of Topliss-reactive ketones (excluding diaryl/α,β-unsaturated/α-hetero) is 1. The van der Waals surface area contributed by atoms with E-state index >= 15 is 0 Å². The fourth-order valence-corrected chi connectivity index (χ4v) is 2.58. The second-order valence-electron chi connectivity index (χ2n) is 5.17. The van der Waals surface area contributed by atoms with E-state index in [1.54, 1.807) is 0 Å². The van der Waals surface area contributed by atoms with Gasteiger partial charge in [0.05, 0.1) is 5.56 Å². The molecule has 2 unspecified atom stereocenters. The summed E-state index contributed by atoms with van der Waals surface area (Å²) in [5.74, 6) is -1.39. The molecular formula is C14H14F4O. The largest absolute Gasteiger partial charge is 0.419 e. The number of halogens is 4. The molecule has 1 aromatic carbocycles. The van der Waals surface area contributed by atoms with Crippen molar-refractivity contribution in [2.24, 2.45) is 11.8 Å². The molecule has 0 aliphatic heterocycles. The van der Waals surface area contributed by atoms with E-state index in [0.717, 1.165) is 25.3 Å². The van der Waals surface area contributed by atoms with Crippen LogP contribution in [0.25, 0.3) is 0 Å². The highest BCUT2D eigenvalue weighted by molar-refractivity contribution is 5.98. The van der Waals surface area contributed by atoms with Crippen molar-refractivity contribution in [3.05, 3.63) is 35.1 Å². The molecule has 0 radical (unpaired) electrons. The summed E-state index contributed by atoms with van der Waals surface area (Å²) in [4.78, 5) is 12.1. The maximum atomic E-state index is 13.4. The highest BCUT2D eigenvalue weighted by Gasteiger charge is 2.35. The fourth-order valence-electron chi connectivity index (χ4n) is 2.58. The Bertz CT molecular complexity index is 493. The summed E-state index contributed by atoms with van der Waals surface area (Å²) in [6, 6.07) is 2.41. The van der Waals surface area contributed by atoms with Gasteiger partial charge in [-0.15, -0.1) is 0 Å². The molecule has 0 amide bonds. The number of ketones is 1. The molecule has 19 heavy (non-hydrogen) atoms. The minimum Gasteiger partial charge on any atom is -0.294 e. The van der Waals surface area contributed by atoms with E-state index in [0.29, 0.717) is 18.1 Å². The minimum absolute atomic E-state index is 0.0320. The average Bonchev–Trinajstić information content (AvgIpc) is 2.73. The number of carbonyl (C=O) groups excluding carboxylic acids is 1. The second-order valence-corrected chi connectivity index (χ2v) is 5.17. The molecule has 1 aliphatic carbocycles. The lowest BCUT2D eigenvalue weighted by Gasteiger charge is -2.11. The van der Waals surface area contributed by atoms with Crippen molar-refractivity contribution < 1.29 is 22.4 Å². The maximum absolute atomic E-state index is 13.4. The van der Waals surface area contributed by atoms with Crippen LogP contribution >= 0.6 is 0 Å². The summed E-state index contributed by atoms with van der Waals surface area (Å²) in [5.41, 5.74) is -1.30. The normalized spacial score (nSPS) is 23.6. The smallest absolute Gasteiger partial charge is 0.294 e. The molecule has 0 spiro atoms. The van der Waals surface area contributed by atoms with Crippen LogP contribution in [-0.4, -0.2) is 5.78 Å². The predicted molar refractivity (Wildman–Crippen MR) is 62.2 cm³/mol. The number of hydrogen-bond acceptors (Lipinski definition) is 1. The van der Waals surface area contributed by atoms with Crippen LogP contribution in [-0.2, 0) is 6.18 Å². The van der Waals surface area contributed by atoms with Crippen molar-refractivity contribution in [3.8, 4) is 0 Å². The summed E-state index contributed by atoms with van der Waals surface area (Å²) in [6.45, 7) is 2.03. The summed E-state index contributed by atoms with van der Waals surface area (Å²) >= 11 is 0. The molecule has 1 nitrogen and oxygen atoms in total. The van der Waals surface area contributed by atoms with Gasteiger partial charge in [-0.2, -0.15) is 13.2 Å². The molecule has 0 heterocycles. The van der Waals surface area contributed by atoms with E-state index in [4.69, 9.17) is 0 Å². The van der Waals surface area contributed by atoms with Crippen LogP contribution in [0.15, 0.2) is 18.2 Å². The number of benzene rings is 1. The molecule has 0 saturated heterocycles.